The van der Waals surface area contributed by atoms with E-state index in [0.29, 0.717) is 0 Å². The van der Waals surface area contributed by atoms with Crippen molar-refractivity contribution in [2.45, 2.75) is 52.4 Å². The molecule has 0 aromatic rings. The summed E-state index contributed by atoms with van der Waals surface area (Å²) in [5.41, 5.74) is 0. The van der Waals surface area contributed by atoms with Crippen LogP contribution in [0.2, 0.25) is 0 Å². The molecule has 0 aliphatic carbocycles. The van der Waals surface area contributed by atoms with Crippen LogP contribution in [0, 0.1) is 5.92 Å². The molecule has 13 heavy (non-hydrogen) atoms. The fraction of sp³-hybridized carbons (Fsp3) is 0.900. The first-order valence-corrected chi connectivity index (χ1v) is 5.48. The van der Waals surface area contributed by atoms with Gasteiger partial charge in [-0.3, -0.25) is 4.79 Å². The van der Waals surface area contributed by atoms with E-state index in [9.17, 15) is 4.79 Å². The third kappa shape index (κ3) is 5.97. The monoisotopic (exact) mass is 204 g/mol. The van der Waals surface area contributed by atoms with Gasteiger partial charge in [0.15, 0.2) is 0 Å². The molecule has 0 saturated carbocycles. The van der Waals surface area contributed by atoms with Gasteiger partial charge >= 0.3 is 5.97 Å². The molecule has 0 aliphatic rings. The predicted octanol–water partition coefficient (Wildman–Crippen LogP) is 3.37. The summed E-state index contributed by atoms with van der Waals surface area (Å²) in [4.78, 5) is 11.1. The first-order chi connectivity index (χ1) is 6.26. The molecular formula is C10H20O2S. The van der Waals surface area contributed by atoms with Crippen LogP contribution < -0.4 is 0 Å². The molecule has 0 heterocycles. The average Bonchev–Trinajstić information content (AvgIpc) is 2.17. The average molecular weight is 204 g/mol. The molecule has 1 atom stereocenters. The van der Waals surface area contributed by atoms with Crippen LogP contribution in [0.1, 0.15) is 52.4 Å². The standard InChI is InChI=1S/C10H20O2S/c1-3-5-6-7-8-9(4-2)10(11)12-13/h9,13H,3-8H2,1-2H3. The van der Waals surface area contributed by atoms with Gasteiger partial charge in [-0.15, -0.1) is 0 Å². The van der Waals surface area contributed by atoms with Gasteiger partial charge in [-0.05, 0) is 12.8 Å². The van der Waals surface area contributed by atoms with Gasteiger partial charge in [-0.25, -0.2) is 0 Å². The van der Waals surface area contributed by atoms with Crippen LogP contribution in [0.4, 0.5) is 0 Å². The molecular weight excluding hydrogens is 184 g/mol. The summed E-state index contributed by atoms with van der Waals surface area (Å²) in [5.74, 6) is -0.128. The predicted molar refractivity (Wildman–Crippen MR) is 57.6 cm³/mol. The van der Waals surface area contributed by atoms with Crippen molar-refractivity contribution in [3.05, 3.63) is 0 Å². The Labute approximate surface area is 86.7 Å². The van der Waals surface area contributed by atoms with Gasteiger partial charge < -0.3 is 4.18 Å². The van der Waals surface area contributed by atoms with E-state index < -0.39 is 0 Å². The fourth-order valence-corrected chi connectivity index (χ4v) is 1.53. The Bertz CT molecular complexity index is 137. The maximum Gasteiger partial charge on any atom is 0.320 e. The topological polar surface area (TPSA) is 26.3 Å². The number of carbonyl (C=O) groups is 1. The maximum absolute atomic E-state index is 11.1. The van der Waals surface area contributed by atoms with Crippen LogP contribution in [0.15, 0.2) is 0 Å². The molecule has 3 heteroatoms. The van der Waals surface area contributed by atoms with E-state index in [1.165, 1.54) is 19.3 Å². The van der Waals surface area contributed by atoms with Crippen molar-refractivity contribution >= 4 is 18.9 Å². The minimum Gasteiger partial charge on any atom is -0.394 e. The molecule has 0 aliphatic heterocycles. The molecule has 0 radical (unpaired) electrons. The molecule has 0 spiro atoms. The number of unbranched alkanes of at least 4 members (excludes halogenated alkanes) is 3. The molecule has 2 nitrogen and oxygen atoms in total. The van der Waals surface area contributed by atoms with E-state index in [4.69, 9.17) is 0 Å². The van der Waals surface area contributed by atoms with E-state index in [2.05, 4.69) is 24.0 Å². The lowest BCUT2D eigenvalue weighted by molar-refractivity contribution is -0.137. The lowest BCUT2D eigenvalue weighted by Gasteiger charge is -2.10. The van der Waals surface area contributed by atoms with Crippen LogP contribution in [0.3, 0.4) is 0 Å². The lowest BCUT2D eigenvalue weighted by Crippen LogP contribution is -2.13. The number of rotatable bonds is 7. The molecule has 0 aromatic carbocycles. The largest absolute Gasteiger partial charge is 0.394 e. The van der Waals surface area contributed by atoms with Gasteiger partial charge in [0.2, 0.25) is 0 Å². The molecule has 0 bridgehead atoms. The highest BCUT2D eigenvalue weighted by atomic mass is 32.1. The number of carbonyl (C=O) groups excluding carboxylic acids is 1. The summed E-state index contributed by atoms with van der Waals surface area (Å²) in [6.45, 7) is 4.19. The van der Waals surface area contributed by atoms with E-state index in [0.717, 1.165) is 19.3 Å². The van der Waals surface area contributed by atoms with Crippen molar-refractivity contribution in [2.24, 2.45) is 5.92 Å². The zero-order valence-corrected chi connectivity index (χ0v) is 9.48. The highest BCUT2D eigenvalue weighted by molar-refractivity contribution is 7.75. The van der Waals surface area contributed by atoms with Crippen LogP contribution in [-0.4, -0.2) is 5.97 Å². The van der Waals surface area contributed by atoms with Crippen molar-refractivity contribution in [1.82, 2.24) is 0 Å². The van der Waals surface area contributed by atoms with Gasteiger partial charge in [0.25, 0.3) is 0 Å². The summed E-state index contributed by atoms with van der Waals surface area (Å²) in [7, 11) is 0. The van der Waals surface area contributed by atoms with E-state index in [-0.39, 0.29) is 11.9 Å². The van der Waals surface area contributed by atoms with Crippen molar-refractivity contribution in [3.8, 4) is 0 Å². The molecule has 1 unspecified atom stereocenters. The highest BCUT2D eigenvalue weighted by Gasteiger charge is 2.16. The lowest BCUT2D eigenvalue weighted by atomic mass is 9.99. The fourth-order valence-electron chi connectivity index (χ4n) is 1.38. The second-order valence-corrected chi connectivity index (χ2v) is 3.55. The van der Waals surface area contributed by atoms with E-state index >= 15 is 0 Å². The number of hydrogen-bond donors (Lipinski definition) is 1. The zero-order valence-electron chi connectivity index (χ0n) is 8.58. The Hall–Kier alpha value is -0.180. The Kier molecular flexibility index (Phi) is 8.30. The minimum atomic E-state index is -0.178. The zero-order chi connectivity index (χ0) is 10.1. The van der Waals surface area contributed by atoms with Crippen LogP contribution >= 0.6 is 12.9 Å². The Morgan fingerprint density at radius 2 is 2.00 bits per heavy atom. The van der Waals surface area contributed by atoms with Crippen molar-refractivity contribution < 1.29 is 8.98 Å². The first-order valence-electron chi connectivity index (χ1n) is 5.11. The molecule has 78 valence electrons. The van der Waals surface area contributed by atoms with Crippen LogP contribution in [-0.2, 0) is 8.98 Å². The number of hydrogen-bond acceptors (Lipinski definition) is 3. The molecule has 0 amide bonds. The van der Waals surface area contributed by atoms with Crippen molar-refractivity contribution in [2.75, 3.05) is 0 Å². The van der Waals surface area contributed by atoms with Gasteiger partial charge in [-0.1, -0.05) is 39.5 Å². The summed E-state index contributed by atoms with van der Waals surface area (Å²) >= 11 is 3.52. The Morgan fingerprint density at radius 3 is 2.46 bits per heavy atom. The summed E-state index contributed by atoms with van der Waals surface area (Å²) in [5, 5.41) is 0. The molecule has 0 rings (SSSR count). The molecule has 0 fully saturated rings. The van der Waals surface area contributed by atoms with Gasteiger partial charge in [-0.2, -0.15) is 0 Å². The molecule has 0 saturated heterocycles. The van der Waals surface area contributed by atoms with E-state index in [1.54, 1.807) is 0 Å². The number of thiol groups is 1. The summed E-state index contributed by atoms with van der Waals surface area (Å²) < 4.78 is 4.42. The summed E-state index contributed by atoms with van der Waals surface area (Å²) in [6, 6.07) is 0. The van der Waals surface area contributed by atoms with E-state index in [1.807, 2.05) is 6.92 Å². The Balaban J connectivity index is 3.53. The third-order valence-corrected chi connectivity index (χ3v) is 2.50. The van der Waals surface area contributed by atoms with Crippen LogP contribution in [0.5, 0.6) is 0 Å². The van der Waals surface area contributed by atoms with Gasteiger partial charge in [0, 0.05) is 12.9 Å². The Morgan fingerprint density at radius 1 is 1.31 bits per heavy atom. The van der Waals surface area contributed by atoms with Gasteiger partial charge in [0.05, 0.1) is 5.92 Å². The first kappa shape index (κ1) is 12.8. The second-order valence-electron chi connectivity index (χ2n) is 3.36. The van der Waals surface area contributed by atoms with Crippen LogP contribution in [0.25, 0.3) is 0 Å². The normalized spacial score (nSPS) is 12.5. The van der Waals surface area contributed by atoms with Crippen molar-refractivity contribution in [3.63, 3.8) is 0 Å². The smallest absolute Gasteiger partial charge is 0.320 e. The third-order valence-electron chi connectivity index (χ3n) is 2.32. The van der Waals surface area contributed by atoms with Crippen molar-refractivity contribution in [1.29, 1.82) is 0 Å². The minimum absolute atomic E-state index is 0.0503. The highest BCUT2D eigenvalue weighted by Crippen LogP contribution is 2.16. The summed E-state index contributed by atoms with van der Waals surface area (Å²) in [6.07, 6.45) is 6.61. The molecule has 0 N–H and O–H groups in total. The quantitative estimate of drug-likeness (QED) is 0.391. The second kappa shape index (κ2) is 8.42. The SMILES string of the molecule is CCCCCCC(CC)C(=O)OS. The maximum atomic E-state index is 11.1. The van der Waals surface area contributed by atoms with Gasteiger partial charge in [0.1, 0.15) is 0 Å². The molecule has 0 aromatic heterocycles.